The van der Waals surface area contributed by atoms with Gasteiger partial charge in [0, 0.05) is 38.6 Å². The predicted molar refractivity (Wildman–Crippen MR) is 117 cm³/mol. The Morgan fingerprint density at radius 3 is 2.76 bits per heavy atom. The fourth-order valence-corrected chi connectivity index (χ4v) is 4.42. The highest BCUT2D eigenvalue weighted by atomic mass is 16.5. The van der Waals surface area contributed by atoms with Crippen molar-refractivity contribution in [1.29, 1.82) is 0 Å². The predicted octanol–water partition coefficient (Wildman–Crippen LogP) is 2.89. The largest absolute Gasteiger partial charge is 0.496 e. The molecule has 2 fully saturated rings. The van der Waals surface area contributed by atoms with Crippen molar-refractivity contribution >= 4 is 11.9 Å². The molecule has 3 rings (SSSR count). The number of methoxy groups -OCH3 is 1. The first kappa shape index (κ1) is 21.5. The highest BCUT2D eigenvalue weighted by Crippen LogP contribution is 2.26. The van der Waals surface area contributed by atoms with E-state index in [9.17, 15) is 4.79 Å². The number of nitrogens with one attached hydrogen (secondary N) is 2. The topological polar surface area (TPSA) is 66.0 Å². The van der Waals surface area contributed by atoms with Gasteiger partial charge in [-0.25, -0.2) is 0 Å². The summed E-state index contributed by atoms with van der Waals surface area (Å²) in [5.41, 5.74) is 2.38. The van der Waals surface area contributed by atoms with Gasteiger partial charge in [0.05, 0.1) is 7.11 Å². The van der Waals surface area contributed by atoms with Crippen molar-refractivity contribution in [2.45, 2.75) is 57.9 Å². The van der Waals surface area contributed by atoms with Crippen molar-refractivity contribution in [2.24, 2.45) is 10.9 Å². The van der Waals surface area contributed by atoms with Gasteiger partial charge in [0.1, 0.15) is 5.75 Å². The van der Waals surface area contributed by atoms with Gasteiger partial charge in [0.15, 0.2) is 5.96 Å². The van der Waals surface area contributed by atoms with Crippen LogP contribution in [0.15, 0.2) is 23.2 Å². The molecule has 160 valence electrons. The van der Waals surface area contributed by atoms with Crippen molar-refractivity contribution in [1.82, 2.24) is 15.5 Å². The van der Waals surface area contributed by atoms with E-state index < -0.39 is 0 Å². The number of hydrogen-bond donors (Lipinski definition) is 2. The Kier molecular flexibility index (Phi) is 7.78. The SMILES string of the molecule is CN=C(NCCc1ccc(C)c(OC)c1)NC1CCN(C(=O)C2CCCCC2)C1. The van der Waals surface area contributed by atoms with Gasteiger partial charge in [-0.05, 0) is 49.8 Å². The normalized spacial score (nSPS) is 20.6. The average Bonchev–Trinajstić information content (AvgIpc) is 3.22. The molecule has 1 saturated carbocycles. The number of ether oxygens (including phenoxy) is 1. The molecule has 2 N–H and O–H groups in total. The molecular weight excluding hydrogens is 364 g/mol. The number of guanidine groups is 1. The van der Waals surface area contributed by atoms with E-state index in [-0.39, 0.29) is 12.0 Å². The van der Waals surface area contributed by atoms with E-state index in [0.717, 1.165) is 62.6 Å². The molecule has 0 bridgehead atoms. The summed E-state index contributed by atoms with van der Waals surface area (Å²) >= 11 is 0. The van der Waals surface area contributed by atoms with Gasteiger partial charge in [-0.15, -0.1) is 0 Å². The van der Waals surface area contributed by atoms with E-state index in [2.05, 4.69) is 45.6 Å². The minimum Gasteiger partial charge on any atom is -0.496 e. The molecule has 0 radical (unpaired) electrons. The Balaban J connectivity index is 1.42. The van der Waals surface area contributed by atoms with Crippen LogP contribution in [0.4, 0.5) is 0 Å². The number of benzene rings is 1. The number of likely N-dealkylation sites (tertiary alicyclic amines) is 1. The van der Waals surface area contributed by atoms with Gasteiger partial charge in [-0.2, -0.15) is 0 Å². The lowest BCUT2D eigenvalue weighted by atomic mass is 9.88. The lowest BCUT2D eigenvalue weighted by Crippen LogP contribution is -2.46. The fourth-order valence-electron chi connectivity index (χ4n) is 4.42. The third-order valence-electron chi connectivity index (χ3n) is 6.20. The maximum Gasteiger partial charge on any atom is 0.225 e. The van der Waals surface area contributed by atoms with Crippen molar-refractivity contribution < 1.29 is 9.53 Å². The first-order chi connectivity index (χ1) is 14.1. The van der Waals surface area contributed by atoms with Crippen LogP contribution in [0.3, 0.4) is 0 Å². The molecule has 0 aromatic heterocycles. The molecule has 1 amide bonds. The zero-order valence-electron chi connectivity index (χ0n) is 18.2. The van der Waals surface area contributed by atoms with Crippen LogP contribution < -0.4 is 15.4 Å². The lowest BCUT2D eigenvalue weighted by molar-refractivity contribution is -0.135. The molecule has 1 aromatic rings. The molecule has 1 aliphatic heterocycles. The van der Waals surface area contributed by atoms with Crippen LogP contribution >= 0.6 is 0 Å². The second-order valence-corrected chi connectivity index (χ2v) is 8.30. The molecule has 6 nitrogen and oxygen atoms in total. The second kappa shape index (κ2) is 10.5. The van der Waals surface area contributed by atoms with Crippen molar-refractivity contribution in [3.05, 3.63) is 29.3 Å². The van der Waals surface area contributed by atoms with Crippen molar-refractivity contribution in [3.8, 4) is 5.75 Å². The quantitative estimate of drug-likeness (QED) is 0.569. The van der Waals surface area contributed by atoms with Gasteiger partial charge >= 0.3 is 0 Å². The Bertz CT molecular complexity index is 713. The van der Waals surface area contributed by atoms with Crippen LogP contribution in [0.25, 0.3) is 0 Å². The third-order valence-corrected chi connectivity index (χ3v) is 6.20. The third kappa shape index (κ3) is 5.87. The molecule has 1 atom stereocenters. The van der Waals surface area contributed by atoms with Crippen LogP contribution in [0.5, 0.6) is 5.75 Å². The molecule has 1 saturated heterocycles. The molecule has 2 aliphatic rings. The summed E-state index contributed by atoms with van der Waals surface area (Å²) in [6.45, 7) is 4.48. The molecular formula is C23H36N4O2. The molecule has 29 heavy (non-hydrogen) atoms. The summed E-state index contributed by atoms with van der Waals surface area (Å²) < 4.78 is 5.41. The van der Waals surface area contributed by atoms with E-state index in [1.165, 1.54) is 24.8 Å². The Morgan fingerprint density at radius 1 is 1.24 bits per heavy atom. The minimum absolute atomic E-state index is 0.256. The van der Waals surface area contributed by atoms with E-state index in [4.69, 9.17) is 4.74 Å². The number of carbonyl (C=O) groups excluding carboxylic acids is 1. The number of carbonyl (C=O) groups is 1. The Labute approximate surface area is 175 Å². The summed E-state index contributed by atoms with van der Waals surface area (Å²) in [6.07, 6.45) is 7.71. The smallest absolute Gasteiger partial charge is 0.225 e. The summed E-state index contributed by atoms with van der Waals surface area (Å²) in [7, 11) is 3.50. The number of aryl methyl sites for hydroxylation is 1. The first-order valence-corrected chi connectivity index (χ1v) is 11.0. The second-order valence-electron chi connectivity index (χ2n) is 8.30. The van der Waals surface area contributed by atoms with E-state index in [1.807, 2.05) is 0 Å². The van der Waals surface area contributed by atoms with Gasteiger partial charge in [0.25, 0.3) is 0 Å². The van der Waals surface area contributed by atoms with E-state index >= 15 is 0 Å². The lowest BCUT2D eigenvalue weighted by Gasteiger charge is -2.26. The molecule has 1 aromatic carbocycles. The van der Waals surface area contributed by atoms with Crippen molar-refractivity contribution in [3.63, 3.8) is 0 Å². The fraction of sp³-hybridized carbons (Fsp3) is 0.652. The van der Waals surface area contributed by atoms with Crippen LogP contribution in [-0.2, 0) is 11.2 Å². The molecule has 1 heterocycles. The number of amides is 1. The highest BCUT2D eigenvalue weighted by molar-refractivity contribution is 5.81. The molecule has 1 aliphatic carbocycles. The number of rotatable bonds is 6. The highest BCUT2D eigenvalue weighted by Gasteiger charge is 2.31. The summed E-state index contributed by atoms with van der Waals surface area (Å²) in [6, 6.07) is 6.60. The van der Waals surface area contributed by atoms with E-state index in [1.54, 1.807) is 14.2 Å². The standard InChI is InChI=1S/C23H36N4O2/c1-17-9-10-18(15-21(17)29-3)11-13-25-23(24-2)26-20-12-14-27(16-20)22(28)19-7-5-4-6-8-19/h9-10,15,19-20H,4-8,11-14,16H2,1-3H3,(H2,24,25,26). The Morgan fingerprint density at radius 2 is 2.03 bits per heavy atom. The number of aliphatic imine (C=N–C) groups is 1. The van der Waals surface area contributed by atoms with Crippen LogP contribution in [-0.4, -0.2) is 56.6 Å². The summed E-state index contributed by atoms with van der Waals surface area (Å²) in [5.74, 6) is 2.36. The molecule has 6 heteroatoms. The van der Waals surface area contributed by atoms with Crippen LogP contribution in [0.1, 0.15) is 49.7 Å². The molecule has 1 unspecified atom stereocenters. The van der Waals surface area contributed by atoms with E-state index in [0.29, 0.717) is 5.91 Å². The zero-order valence-corrected chi connectivity index (χ0v) is 18.2. The van der Waals surface area contributed by atoms with Gasteiger partial charge < -0.3 is 20.3 Å². The minimum atomic E-state index is 0.256. The van der Waals surface area contributed by atoms with Crippen LogP contribution in [0.2, 0.25) is 0 Å². The first-order valence-electron chi connectivity index (χ1n) is 11.0. The monoisotopic (exact) mass is 400 g/mol. The number of nitrogens with zero attached hydrogens (tertiary/aromatic N) is 2. The Hall–Kier alpha value is -2.24. The van der Waals surface area contributed by atoms with Gasteiger partial charge in [-0.1, -0.05) is 31.4 Å². The van der Waals surface area contributed by atoms with Gasteiger partial charge in [0.2, 0.25) is 5.91 Å². The zero-order chi connectivity index (χ0) is 20.6. The summed E-state index contributed by atoms with van der Waals surface area (Å²) in [4.78, 5) is 19.2. The van der Waals surface area contributed by atoms with Crippen LogP contribution in [0, 0.1) is 12.8 Å². The summed E-state index contributed by atoms with van der Waals surface area (Å²) in [5, 5.41) is 6.89. The average molecular weight is 401 g/mol. The number of hydrogen-bond acceptors (Lipinski definition) is 3. The molecule has 0 spiro atoms. The van der Waals surface area contributed by atoms with Crippen molar-refractivity contribution in [2.75, 3.05) is 33.8 Å². The maximum atomic E-state index is 12.7. The van der Waals surface area contributed by atoms with Gasteiger partial charge in [-0.3, -0.25) is 9.79 Å². The maximum absolute atomic E-state index is 12.7.